The minimum absolute atomic E-state index is 0.286. The van der Waals surface area contributed by atoms with Gasteiger partial charge in [-0.05, 0) is 36.8 Å². The molecule has 3 nitrogen and oxygen atoms in total. The van der Waals surface area contributed by atoms with E-state index in [9.17, 15) is 13.6 Å². The standard InChI is InChI=1S/C13H10F2N2O/c1-8-2-5-12(16-7-8)17-13(18)10-6-9(14)3-4-11(10)15/h2-7H,1H3,(H,16,17,18). The third-order valence-electron chi connectivity index (χ3n) is 2.33. The van der Waals surface area contributed by atoms with Gasteiger partial charge in [-0.1, -0.05) is 6.07 Å². The van der Waals surface area contributed by atoms with Crippen LogP contribution in [0.15, 0.2) is 36.5 Å². The predicted octanol–water partition coefficient (Wildman–Crippen LogP) is 2.92. The van der Waals surface area contributed by atoms with E-state index in [0.717, 1.165) is 23.8 Å². The van der Waals surface area contributed by atoms with Crippen LogP contribution in [0.1, 0.15) is 15.9 Å². The summed E-state index contributed by atoms with van der Waals surface area (Å²) in [6.07, 6.45) is 1.57. The highest BCUT2D eigenvalue weighted by atomic mass is 19.1. The zero-order chi connectivity index (χ0) is 13.1. The predicted molar refractivity (Wildman–Crippen MR) is 63.3 cm³/mol. The molecule has 1 N–H and O–H groups in total. The third kappa shape index (κ3) is 2.68. The first-order chi connectivity index (χ1) is 8.56. The molecule has 0 fully saturated rings. The maximum absolute atomic E-state index is 13.3. The van der Waals surface area contributed by atoms with Crippen LogP contribution in [-0.4, -0.2) is 10.9 Å². The van der Waals surface area contributed by atoms with E-state index in [1.54, 1.807) is 18.3 Å². The average molecular weight is 248 g/mol. The minimum Gasteiger partial charge on any atom is -0.306 e. The fourth-order valence-electron chi connectivity index (χ4n) is 1.40. The quantitative estimate of drug-likeness (QED) is 0.887. The van der Waals surface area contributed by atoms with Gasteiger partial charge in [0.1, 0.15) is 17.5 Å². The molecular formula is C13H10F2N2O. The maximum Gasteiger partial charge on any atom is 0.259 e. The van der Waals surface area contributed by atoms with Crippen molar-refractivity contribution in [3.63, 3.8) is 0 Å². The van der Waals surface area contributed by atoms with E-state index in [1.807, 2.05) is 6.92 Å². The molecule has 2 rings (SSSR count). The van der Waals surface area contributed by atoms with E-state index >= 15 is 0 Å². The molecule has 0 aliphatic carbocycles. The van der Waals surface area contributed by atoms with E-state index in [4.69, 9.17) is 0 Å². The molecule has 1 heterocycles. The number of nitrogens with zero attached hydrogens (tertiary/aromatic N) is 1. The Hall–Kier alpha value is -2.30. The van der Waals surface area contributed by atoms with Gasteiger partial charge in [0, 0.05) is 6.20 Å². The molecule has 0 aliphatic rings. The van der Waals surface area contributed by atoms with Crippen molar-refractivity contribution in [2.45, 2.75) is 6.92 Å². The van der Waals surface area contributed by atoms with E-state index in [-0.39, 0.29) is 11.4 Å². The number of carbonyl (C=O) groups is 1. The minimum atomic E-state index is -0.777. The van der Waals surface area contributed by atoms with Crippen LogP contribution in [0.5, 0.6) is 0 Å². The summed E-state index contributed by atoms with van der Waals surface area (Å²) in [6.45, 7) is 1.85. The van der Waals surface area contributed by atoms with Crippen LogP contribution in [0.3, 0.4) is 0 Å². The lowest BCUT2D eigenvalue weighted by Gasteiger charge is -2.05. The van der Waals surface area contributed by atoms with E-state index < -0.39 is 17.5 Å². The summed E-state index contributed by atoms with van der Waals surface area (Å²) in [4.78, 5) is 15.7. The Morgan fingerprint density at radius 2 is 2.00 bits per heavy atom. The summed E-state index contributed by atoms with van der Waals surface area (Å²) in [7, 11) is 0. The Morgan fingerprint density at radius 1 is 1.22 bits per heavy atom. The van der Waals surface area contributed by atoms with Gasteiger partial charge in [0.15, 0.2) is 0 Å². The molecule has 0 saturated heterocycles. The van der Waals surface area contributed by atoms with Crippen molar-refractivity contribution in [3.05, 3.63) is 59.3 Å². The van der Waals surface area contributed by atoms with Gasteiger partial charge < -0.3 is 5.32 Å². The van der Waals surface area contributed by atoms with Crippen molar-refractivity contribution in [1.82, 2.24) is 4.98 Å². The number of carbonyl (C=O) groups excluding carboxylic acids is 1. The van der Waals surface area contributed by atoms with E-state index in [1.165, 1.54) is 0 Å². The highest BCUT2D eigenvalue weighted by molar-refractivity contribution is 6.03. The SMILES string of the molecule is Cc1ccc(NC(=O)c2cc(F)ccc2F)nc1. The van der Waals surface area contributed by atoms with Crippen LogP contribution in [0, 0.1) is 18.6 Å². The lowest BCUT2D eigenvalue weighted by molar-refractivity contribution is 0.102. The topological polar surface area (TPSA) is 42.0 Å². The van der Waals surface area contributed by atoms with Crippen LogP contribution >= 0.6 is 0 Å². The smallest absolute Gasteiger partial charge is 0.259 e. The molecule has 0 aliphatic heterocycles. The molecule has 1 amide bonds. The summed E-state index contributed by atoms with van der Waals surface area (Å²) in [6, 6.07) is 6.05. The molecule has 92 valence electrons. The van der Waals surface area contributed by atoms with E-state index in [2.05, 4.69) is 10.3 Å². The number of aromatic nitrogens is 1. The molecule has 18 heavy (non-hydrogen) atoms. The molecule has 0 spiro atoms. The van der Waals surface area contributed by atoms with Crippen molar-refractivity contribution in [3.8, 4) is 0 Å². The molecule has 1 aromatic carbocycles. The van der Waals surface area contributed by atoms with Gasteiger partial charge >= 0.3 is 0 Å². The average Bonchev–Trinajstić information content (AvgIpc) is 2.35. The first-order valence-corrected chi connectivity index (χ1v) is 5.25. The first kappa shape index (κ1) is 12.2. The zero-order valence-electron chi connectivity index (χ0n) is 9.58. The molecular weight excluding hydrogens is 238 g/mol. The van der Waals surface area contributed by atoms with Crippen LogP contribution in [0.4, 0.5) is 14.6 Å². The van der Waals surface area contributed by atoms with Crippen LogP contribution < -0.4 is 5.32 Å². The summed E-state index contributed by atoms with van der Waals surface area (Å²) < 4.78 is 26.3. The molecule has 0 atom stereocenters. The van der Waals surface area contributed by atoms with Crippen molar-refractivity contribution in [2.75, 3.05) is 5.32 Å². The molecule has 0 saturated carbocycles. The number of rotatable bonds is 2. The van der Waals surface area contributed by atoms with Crippen molar-refractivity contribution in [2.24, 2.45) is 0 Å². The number of benzene rings is 1. The fourth-order valence-corrected chi connectivity index (χ4v) is 1.40. The summed E-state index contributed by atoms with van der Waals surface area (Å²) >= 11 is 0. The summed E-state index contributed by atoms with van der Waals surface area (Å²) in [5, 5.41) is 2.40. The normalized spacial score (nSPS) is 10.2. The summed E-state index contributed by atoms with van der Waals surface area (Å²) in [5.74, 6) is -1.89. The second-order valence-electron chi connectivity index (χ2n) is 3.80. The zero-order valence-corrected chi connectivity index (χ0v) is 9.58. The second-order valence-corrected chi connectivity index (χ2v) is 3.80. The molecule has 2 aromatic rings. The number of halogens is 2. The van der Waals surface area contributed by atoms with Crippen molar-refractivity contribution >= 4 is 11.7 Å². The number of pyridine rings is 1. The van der Waals surface area contributed by atoms with Crippen molar-refractivity contribution in [1.29, 1.82) is 0 Å². The Labute approximate surface area is 102 Å². The summed E-state index contributed by atoms with van der Waals surface area (Å²) in [5.41, 5.74) is 0.585. The molecule has 1 aromatic heterocycles. The van der Waals surface area contributed by atoms with E-state index in [0.29, 0.717) is 0 Å². The number of hydrogen-bond donors (Lipinski definition) is 1. The maximum atomic E-state index is 13.3. The van der Waals surface area contributed by atoms with Crippen molar-refractivity contribution < 1.29 is 13.6 Å². The number of amides is 1. The fraction of sp³-hybridized carbons (Fsp3) is 0.0769. The van der Waals surface area contributed by atoms with Gasteiger partial charge in [0.25, 0.3) is 5.91 Å². The van der Waals surface area contributed by atoms with Gasteiger partial charge in [-0.2, -0.15) is 0 Å². The number of hydrogen-bond acceptors (Lipinski definition) is 2. The lowest BCUT2D eigenvalue weighted by atomic mass is 10.2. The third-order valence-corrected chi connectivity index (χ3v) is 2.33. The van der Waals surface area contributed by atoms with Crippen LogP contribution in [0.2, 0.25) is 0 Å². The highest BCUT2D eigenvalue weighted by Crippen LogP contribution is 2.12. The lowest BCUT2D eigenvalue weighted by Crippen LogP contribution is -2.15. The molecule has 0 radical (unpaired) electrons. The van der Waals surface area contributed by atoms with Crippen LogP contribution in [0.25, 0.3) is 0 Å². The molecule has 0 unspecified atom stereocenters. The van der Waals surface area contributed by atoms with Gasteiger partial charge in [-0.15, -0.1) is 0 Å². The van der Waals surface area contributed by atoms with Gasteiger partial charge in [-0.25, -0.2) is 13.8 Å². The Bertz CT molecular complexity index is 582. The van der Waals surface area contributed by atoms with Gasteiger partial charge in [0.2, 0.25) is 0 Å². The first-order valence-electron chi connectivity index (χ1n) is 5.25. The number of anilines is 1. The van der Waals surface area contributed by atoms with Gasteiger partial charge in [-0.3, -0.25) is 4.79 Å². The number of nitrogens with one attached hydrogen (secondary N) is 1. The largest absolute Gasteiger partial charge is 0.306 e. The highest BCUT2D eigenvalue weighted by Gasteiger charge is 2.13. The van der Waals surface area contributed by atoms with Crippen LogP contribution in [-0.2, 0) is 0 Å². The Morgan fingerprint density at radius 3 is 2.67 bits per heavy atom. The monoisotopic (exact) mass is 248 g/mol. The Balaban J connectivity index is 2.21. The second kappa shape index (κ2) is 4.91. The molecule has 5 heteroatoms. The number of aryl methyl sites for hydroxylation is 1. The van der Waals surface area contributed by atoms with Gasteiger partial charge in [0.05, 0.1) is 5.56 Å². The molecule has 0 bridgehead atoms. The Kier molecular flexibility index (Phi) is 3.32.